The van der Waals surface area contributed by atoms with Crippen molar-refractivity contribution in [2.45, 2.75) is 25.4 Å². The third-order valence-electron chi connectivity index (χ3n) is 4.96. The molecule has 1 aromatic carbocycles. The highest BCUT2D eigenvalue weighted by Crippen LogP contribution is 2.32. The van der Waals surface area contributed by atoms with Crippen LogP contribution in [0.5, 0.6) is 0 Å². The first-order valence-corrected chi connectivity index (χ1v) is 9.71. The first-order valence-electron chi connectivity index (χ1n) is 8.84. The lowest BCUT2D eigenvalue weighted by atomic mass is 9.91. The number of amides is 1. The van der Waals surface area contributed by atoms with Crippen molar-refractivity contribution in [3.63, 3.8) is 0 Å². The monoisotopic (exact) mass is 367 g/mol. The average molecular weight is 367 g/mol. The number of aliphatic hydroxyl groups is 1. The Labute approximate surface area is 156 Å². The van der Waals surface area contributed by atoms with Gasteiger partial charge in [0.2, 0.25) is 0 Å². The second-order valence-corrected chi connectivity index (χ2v) is 7.45. The van der Waals surface area contributed by atoms with E-state index >= 15 is 0 Å². The van der Waals surface area contributed by atoms with Crippen LogP contribution in [0.1, 0.15) is 39.7 Å². The Morgan fingerprint density at radius 3 is 2.58 bits per heavy atom. The molecule has 134 valence electrons. The van der Waals surface area contributed by atoms with Crippen molar-refractivity contribution in [1.82, 2.24) is 14.7 Å². The standard InChI is InChI=1S/C20H21N3O2S/c24-14-16-13-21-23(17-5-2-1-3-6-17)19(16)15-8-10-22(11-9-15)20(25)18-7-4-12-26-18/h1-7,12-13,15,24H,8-11,14H2. The molecule has 1 fully saturated rings. The Kier molecular flexibility index (Phi) is 4.86. The summed E-state index contributed by atoms with van der Waals surface area (Å²) in [5, 5.41) is 16.2. The zero-order valence-electron chi connectivity index (χ0n) is 14.4. The number of piperidine rings is 1. The van der Waals surface area contributed by atoms with Gasteiger partial charge in [0.15, 0.2) is 0 Å². The van der Waals surface area contributed by atoms with E-state index in [1.54, 1.807) is 6.20 Å². The summed E-state index contributed by atoms with van der Waals surface area (Å²) >= 11 is 1.49. The van der Waals surface area contributed by atoms with Crippen LogP contribution in [0.2, 0.25) is 0 Å². The Morgan fingerprint density at radius 2 is 1.92 bits per heavy atom. The molecule has 4 rings (SSSR count). The number of likely N-dealkylation sites (tertiary alicyclic amines) is 1. The van der Waals surface area contributed by atoms with Gasteiger partial charge >= 0.3 is 0 Å². The van der Waals surface area contributed by atoms with E-state index in [9.17, 15) is 9.90 Å². The van der Waals surface area contributed by atoms with E-state index in [1.165, 1.54) is 11.3 Å². The molecule has 26 heavy (non-hydrogen) atoms. The number of hydrogen-bond donors (Lipinski definition) is 1. The Morgan fingerprint density at radius 1 is 1.15 bits per heavy atom. The van der Waals surface area contributed by atoms with Gasteiger partial charge in [0.25, 0.3) is 5.91 Å². The van der Waals surface area contributed by atoms with E-state index in [4.69, 9.17) is 0 Å². The molecule has 5 nitrogen and oxygen atoms in total. The molecule has 0 saturated carbocycles. The van der Waals surface area contributed by atoms with E-state index in [-0.39, 0.29) is 18.4 Å². The molecular formula is C20H21N3O2S. The van der Waals surface area contributed by atoms with Gasteiger partial charge in [-0.15, -0.1) is 11.3 Å². The molecule has 2 aromatic heterocycles. The number of carbonyl (C=O) groups is 1. The second kappa shape index (κ2) is 7.43. The van der Waals surface area contributed by atoms with E-state index < -0.39 is 0 Å². The quantitative estimate of drug-likeness (QED) is 0.768. The minimum absolute atomic E-state index is 0.0174. The lowest BCUT2D eigenvalue weighted by Gasteiger charge is -2.32. The molecule has 3 heterocycles. The topological polar surface area (TPSA) is 58.4 Å². The maximum Gasteiger partial charge on any atom is 0.263 e. The molecule has 1 amide bonds. The van der Waals surface area contributed by atoms with Gasteiger partial charge in [-0.25, -0.2) is 4.68 Å². The summed E-state index contributed by atoms with van der Waals surface area (Å²) in [5.74, 6) is 0.407. The van der Waals surface area contributed by atoms with Gasteiger partial charge in [-0.2, -0.15) is 5.10 Å². The van der Waals surface area contributed by atoms with Gasteiger partial charge in [-0.05, 0) is 36.4 Å². The summed E-state index contributed by atoms with van der Waals surface area (Å²) in [6.07, 6.45) is 3.51. The largest absolute Gasteiger partial charge is 0.392 e. The number of hydrogen-bond acceptors (Lipinski definition) is 4. The highest BCUT2D eigenvalue weighted by atomic mass is 32.1. The van der Waals surface area contributed by atoms with Gasteiger partial charge in [0, 0.05) is 24.6 Å². The fourth-order valence-electron chi connectivity index (χ4n) is 3.64. The van der Waals surface area contributed by atoms with Crippen molar-refractivity contribution in [3.05, 3.63) is 70.2 Å². The van der Waals surface area contributed by atoms with E-state index in [0.29, 0.717) is 0 Å². The van der Waals surface area contributed by atoms with Crippen LogP contribution in [-0.4, -0.2) is 38.8 Å². The lowest BCUT2D eigenvalue weighted by molar-refractivity contribution is 0.0716. The van der Waals surface area contributed by atoms with Gasteiger partial charge in [0.05, 0.1) is 29.1 Å². The molecule has 0 unspecified atom stereocenters. The highest BCUT2D eigenvalue weighted by Gasteiger charge is 2.29. The number of carbonyl (C=O) groups excluding carboxylic acids is 1. The summed E-state index contributed by atoms with van der Waals surface area (Å²) < 4.78 is 1.94. The number of aromatic nitrogens is 2. The van der Waals surface area contributed by atoms with Crippen LogP contribution in [0.3, 0.4) is 0 Å². The number of para-hydroxylation sites is 1. The fourth-order valence-corrected chi connectivity index (χ4v) is 4.33. The van der Waals surface area contributed by atoms with Crippen molar-refractivity contribution >= 4 is 17.2 Å². The molecule has 0 atom stereocenters. The minimum Gasteiger partial charge on any atom is -0.392 e. The first kappa shape index (κ1) is 17.0. The smallest absolute Gasteiger partial charge is 0.263 e. The van der Waals surface area contributed by atoms with Crippen LogP contribution in [0, 0.1) is 0 Å². The van der Waals surface area contributed by atoms with E-state index in [2.05, 4.69) is 5.10 Å². The van der Waals surface area contributed by atoms with Crippen LogP contribution in [-0.2, 0) is 6.61 Å². The third kappa shape index (κ3) is 3.18. The molecule has 1 N–H and O–H groups in total. The van der Waals surface area contributed by atoms with Crippen molar-refractivity contribution in [3.8, 4) is 5.69 Å². The second-order valence-electron chi connectivity index (χ2n) is 6.50. The zero-order valence-corrected chi connectivity index (χ0v) is 15.2. The number of benzene rings is 1. The Bertz CT molecular complexity index is 866. The number of nitrogens with zero attached hydrogens (tertiary/aromatic N) is 3. The molecule has 6 heteroatoms. The SMILES string of the molecule is O=C(c1cccs1)N1CCC(c2c(CO)cnn2-c2ccccc2)CC1. The van der Waals surface area contributed by atoms with Crippen molar-refractivity contribution in [2.75, 3.05) is 13.1 Å². The fraction of sp³-hybridized carbons (Fsp3) is 0.300. The Balaban J connectivity index is 1.54. The summed E-state index contributed by atoms with van der Waals surface area (Å²) in [7, 11) is 0. The zero-order chi connectivity index (χ0) is 17.9. The summed E-state index contributed by atoms with van der Waals surface area (Å²) in [6.45, 7) is 1.44. The van der Waals surface area contributed by atoms with Crippen molar-refractivity contribution < 1.29 is 9.90 Å². The number of thiophene rings is 1. The van der Waals surface area contributed by atoms with Crippen LogP contribution in [0.15, 0.2) is 54.0 Å². The molecule has 3 aromatic rings. The molecule has 0 spiro atoms. The maximum absolute atomic E-state index is 12.5. The molecule has 0 bridgehead atoms. The summed E-state index contributed by atoms with van der Waals surface area (Å²) in [5.41, 5.74) is 2.94. The van der Waals surface area contributed by atoms with Crippen molar-refractivity contribution in [1.29, 1.82) is 0 Å². The number of aliphatic hydroxyl groups excluding tert-OH is 1. The molecule has 1 saturated heterocycles. The van der Waals surface area contributed by atoms with E-state index in [0.717, 1.165) is 47.8 Å². The molecule has 1 aliphatic heterocycles. The first-order chi connectivity index (χ1) is 12.8. The van der Waals surface area contributed by atoms with Crippen molar-refractivity contribution in [2.24, 2.45) is 0 Å². The summed E-state index contributed by atoms with van der Waals surface area (Å²) in [4.78, 5) is 15.3. The highest BCUT2D eigenvalue weighted by molar-refractivity contribution is 7.12. The summed E-state index contributed by atoms with van der Waals surface area (Å²) in [6, 6.07) is 13.8. The Hall–Kier alpha value is -2.44. The maximum atomic E-state index is 12.5. The van der Waals surface area contributed by atoms with Gasteiger partial charge < -0.3 is 10.0 Å². The third-order valence-corrected chi connectivity index (χ3v) is 5.82. The average Bonchev–Trinajstić information content (AvgIpc) is 3.38. The van der Waals surface area contributed by atoms with Gasteiger partial charge in [0.1, 0.15) is 0 Å². The van der Waals surface area contributed by atoms with E-state index in [1.807, 2.05) is 57.4 Å². The predicted octanol–water partition coefficient (Wildman–Crippen LogP) is 3.45. The van der Waals surface area contributed by atoms with Gasteiger partial charge in [-0.3, -0.25) is 4.79 Å². The number of rotatable bonds is 4. The predicted molar refractivity (Wildman–Crippen MR) is 102 cm³/mol. The molecular weight excluding hydrogens is 346 g/mol. The molecule has 1 aliphatic rings. The van der Waals surface area contributed by atoms with Crippen LogP contribution in [0.25, 0.3) is 5.69 Å². The minimum atomic E-state index is -0.0174. The van der Waals surface area contributed by atoms with Crippen LogP contribution >= 0.6 is 11.3 Å². The molecule has 0 aliphatic carbocycles. The van der Waals surface area contributed by atoms with Crippen LogP contribution < -0.4 is 0 Å². The molecule has 0 radical (unpaired) electrons. The van der Waals surface area contributed by atoms with Gasteiger partial charge in [-0.1, -0.05) is 24.3 Å². The van der Waals surface area contributed by atoms with Crippen LogP contribution in [0.4, 0.5) is 0 Å². The lowest BCUT2D eigenvalue weighted by Crippen LogP contribution is -2.38. The normalized spacial score (nSPS) is 15.3.